The number of aromatic nitrogens is 2. The predicted octanol–water partition coefficient (Wildman–Crippen LogP) is 4.47. The van der Waals surface area contributed by atoms with Crippen LogP contribution in [0.15, 0.2) is 66.9 Å². The number of benzene rings is 2. The minimum atomic E-state index is -0.0454. The zero-order valence-electron chi connectivity index (χ0n) is 16.3. The van der Waals surface area contributed by atoms with Crippen LogP contribution in [-0.4, -0.2) is 16.0 Å². The topological polar surface area (TPSA) is 97.4 Å². The SMILES string of the molecule is N#C/C=C/c1ccc(C(NC2CC2)c2ccnc(Nc3ccc(C#N)cc3)n2)cc1. The first-order chi connectivity index (χ1) is 14.7. The van der Waals surface area contributed by atoms with Gasteiger partial charge in [-0.2, -0.15) is 10.5 Å². The normalized spacial score (nSPS) is 14.1. The monoisotopic (exact) mass is 392 g/mol. The highest BCUT2D eigenvalue weighted by molar-refractivity contribution is 5.55. The molecular formula is C24H20N6. The maximum Gasteiger partial charge on any atom is 0.227 e. The highest BCUT2D eigenvalue weighted by Gasteiger charge is 2.27. The van der Waals surface area contributed by atoms with Crippen LogP contribution in [0.2, 0.25) is 0 Å². The number of nitrogens with zero attached hydrogens (tertiary/aromatic N) is 4. The molecule has 0 bridgehead atoms. The third-order valence-corrected chi connectivity index (χ3v) is 4.84. The lowest BCUT2D eigenvalue weighted by Crippen LogP contribution is -2.25. The van der Waals surface area contributed by atoms with Gasteiger partial charge < -0.3 is 10.6 Å². The van der Waals surface area contributed by atoms with Gasteiger partial charge in [0.2, 0.25) is 5.95 Å². The van der Waals surface area contributed by atoms with Crippen LogP contribution in [0.1, 0.15) is 41.3 Å². The maximum atomic E-state index is 8.94. The Bertz CT molecular complexity index is 1120. The molecule has 1 aliphatic carbocycles. The second-order valence-electron chi connectivity index (χ2n) is 7.12. The molecule has 1 aliphatic rings. The summed E-state index contributed by atoms with van der Waals surface area (Å²) in [6.07, 6.45) is 7.35. The minimum Gasteiger partial charge on any atom is -0.324 e. The van der Waals surface area contributed by atoms with Crippen molar-refractivity contribution in [3.05, 3.63) is 89.3 Å². The predicted molar refractivity (Wildman–Crippen MR) is 116 cm³/mol. The highest BCUT2D eigenvalue weighted by atomic mass is 15.1. The van der Waals surface area contributed by atoms with Crippen molar-refractivity contribution in [1.29, 1.82) is 10.5 Å². The Morgan fingerprint density at radius 3 is 2.43 bits per heavy atom. The number of hydrogen-bond donors (Lipinski definition) is 2. The van der Waals surface area contributed by atoms with Crippen LogP contribution in [0.5, 0.6) is 0 Å². The second kappa shape index (κ2) is 9.00. The Kier molecular flexibility index (Phi) is 5.80. The van der Waals surface area contributed by atoms with Crippen molar-refractivity contribution < 1.29 is 0 Å². The number of allylic oxidation sites excluding steroid dienone is 1. The molecule has 1 heterocycles. The van der Waals surface area contributed by atoms with Gasteiger partial charge in [-0.1, -0.05) is 24.3 Å². The van der Waals surface area contributed by atoms with E-state index in [0.29, 0.717) is 17.6 Å². The molecule has 0 radical (unpaired) electrons. The Labute approximate surface area is 175 Å². The zero-order valence-corrected chi connectivity index (χ0v) is 16.3. The molecule has 1 unspecified atom stereocenters. The molecule has 1 fully saturated rings. The lowest BCUT2D eigenvalue weighted by atomic mass is 10.0. The van der Waals surface area contributed by atoms with Gasteiger partial charge >= 0.3 is 0 Å². The van der Waals surface area contributed by atoms with E-state index in [2.05, 4.69) is 33.8 Å². The van der Waals surface area contributed by atoms with Gasteiger partial charge in [-0.3, -0.25) is 0 Å². The molecule has 0 aliphatic heterocycles. The summed E-state index contributed by atoms with van der Waals surface area (Å²) >= 11 is 0. The molecule has 6 nitrogen and oxygen atoms in total. The van der Waals surface area contributed by atoms with E-state index < -0.39 is 0 Å². The van der Waals surface area contributed by atoms with Gasteiger partial charge in [-0.25, -0.2) is 9.97 Å². The first kappa shape index (κ1) is 19.3. The number of hydrogen-bond acceptors (Lipinski definition) is 6. The summed E-state index contributed by atoms with van der Waals surface area (Å²) in [5.74, 6) is 0.508. The molecule has 6 heteroatoms. The van der Waals surface area contributed by atoms with Crippen LogP contribution in [0.4, 0.5) is 11.6 Å². The molecule has 1 atom stereocenters. The van der Waals surface area contributed by atoms with E-state index in [1.807, 2.05) is 36.4 Å². The van der Waals surface area contributed by atoms with E-state index >= 15 is 0 Å². The Morgan fingerprint density at radius 1 is 1.00 bits per heavy atom. The zero-order chi connectivity index (χ0) is 20.8. The van der Waals surface area contributed by atoms with Crippen LogP contribution < -0.4 is 10.6 Å². The number of anilines is 2. The molecule has 1 aromatic heterocycles. The first-order valence-corrected chi connectivity index (χ1v) is 9.77. The van der Waals surface area contributed by atoms with Crippen LogP contribution in [0, 0.1) is 22.7 Å². The van der Waals surface area contributed by atoms with E-state index in [0.717, 1.165) is 22.5 Å². The van der Waals surface area contributed by atoms with Gasteiger partial charge in [-0.05, 0) is 60.4 Å². The quantitative estimate of drug-likeness (QED) is 0.576. The van der Waals surface area contributed by atoms with Crippen molar-refractivity contribution >= 4 is 17.7 Å². The highest BCUT2D eigenvalue weighted by Crippen LogP contribution is 2.29. The number of rotatable bonds is 7. The van der Waals surface area contributed by atoms with Gasteiger partial charge in [0.15, 0.2) is 0 Å². The molecule has 0 spiro atoms. The summed E-state index contributed by atoms with van der Waals surface area (Å²) < 4.78 is 0. The average molecular weight is 392 g/mol. The minimum absolute atomic E-state index is 0.0454. The Hall–Kier alpha value is -4.00. The van der Waals surface area contributed by atoms with Gasteiger partial charge in [0.25, 0.3) is 0 Å². The van der Waals surface area contributed by atoms with Crippen molar-refractivity contribution in [2.75, 3.05) is 5.32 Å². The van der Waals surface area contributed by atoms with Crippen molar-refractivity contribution in [1.82, 2.24) is 15.3 Å². The fourth-order valence-electron chi connectivity index (χ4n) is 3.12. The smallest absolute Gasteiger partial charge is 0.227 e. The van der Waals surface area contributed by atoms with Crippen molar-refractivity contribution in [2.24, 2.45) is 0 Å². The first-order valence-electron chi connectivity index (χ1n) is 9.77. The third kappa shape index (κ3) is 4.88. The van der Waals surface area contributed by atoms with Crippen molar-refractivity contribution in [3.63, 3.8) is 0 Å². The summed E-state index contributed by atoms with van der Waals surface area (Å²) in [7, 11) is 0. The van der Waals surface area contributed by atoms with E-state index in [-0.39, 0.29) is 6.04 Å². The number of nitrogens with one attached hydrogen (secondary N) is 2. The van der Waals surface area contributed by atoms with Gasteiger partial charge in [0.1, 0.15) is 0 Å². The molecule has 2 aromatic carbocycles. The molecule has 4 rings (SSSR count). The summed E-state index contributed by atoms with van der Waals surface area (Å²) in [5.41, 5.74) is 4.41. The fraction of sp³-hybridized carbons (Fsp3) is 0.167. The molecule has 1 saturated carbocycles. The lowest BCUT2D eigenvalue weighted by molar-refractivity contribution is 0.587. The van der Waals surface area contributed by atoms with Crippen molar-refractivity contribution in [2.45, 2.75) is 24.9 Å². The Morgan fingerprint density at radius 2 is 1.77 bits per heavy atom. The van der Waals surface area contributed by atoms with Crippen molar-refractivity contribution in [3.8, 4) is 12.1 Å². The maximum absolute atomic E-state index is 8.94. The molecular weight excluding hydrogens is 372 g/mol. The van der Waals surface area contributed by atoms with Crippen LogP contribution in [0.3, 0.4) is 0 Å². The largest absolute Gasteiger partial charge is 0.324 e. The lowest BCUT2D eigenvalue weighted by Gasteiger charge is -2.19. The van der Waals surface area contributed by atoms with Crippen LogP contribution in [-0.2, 0) is 0 Å². The van der Waals surface area contributed by atoms with Gasteiger partial charge in [-0.15, -0.1) is 0 Å². The fourth-order valence-corrected chi connectivity index (χ4v) is 3.12. The summed E-state index contributed by atoms with van der Waals surface area (Å²) in [5, 5.41) is 24.5. The summed E-state index contributed by atoms with van der Waals surface area (Å²) in [6, 6.07) is 21.8. The summed E-state index contributed by atoms with van der Waals surface area (Å²) in [4.78, 5) is 9.07. The molecule has 146 valence electrons. The summed E-state index contributed by atoms with van der Waals surface area (Å²) in [6.45, 7) is 0. The van der Waals surface area contributed by atoms with E-state index in [1.54, 1.807) is 24.4 Å². The number of nitriles is 2. The average Bonchev–Trinajstić information content (AvgIpc) is 3.61. The molecule has 2 N–H and O–H groups in total. The van der Waals surface area contributed by atoms with E-state index in [1.165, 1.54) is 18.9 Å². The van der Waals surface area contributed by atoms with Crippen LogP contribution >= 0.6 is 0 Å². The molecule has 0 saturated heterocycles. The molecule has 0 amide bonds. The van der Waals surface area contributed by atoms with E-state index in [9.17, 15) is 0 Å². The van der Waals surface area contributed by atoms with Gasteiger partial charge in [0, 0.05) is 24.0 Å². The standard InChI is InChI=1S/C24H20N6/c25-14-1-2-17-3-7-19(8-4-17)23(28-20-11-12-20)22-13-15-27-24(30-22)29-21-9-5-18(16-26)6-10-21/h1-10,13,15,20,23,28H,11-12H2,(H,27,29,30)/b2-1+. The Balaban J connectivity index is 1.58. The molecule has 3 aromatic rings. The second-order valence-corrected chi connectivity index (χ2v) is 7.12. The van der Waals surface area contributed by atoms with Crippen LogP contribution in [0.25, 0.3) is 6.08 Å². The van der Waals surface area contributed by atoms with E-state index in [4.69, 9.17) is 15.5 Å². The molecule has 30 heavy (non-hydrogen) atoms. The van der Waals surface area contributed by atoms with Gasteiger partial charge in [0.05, 0.1) is 29.4 Å². The third-order valence-electron chi connectivity index (χ3n) is 4.84.